The minimum absolute atomic E-state index is 0.0740. The zero-order valence-corrected chi connectivity index (χ0v) is 15.6. The molecule has 4 aromatic rings. The van der Waals surface area contributed by atoms with Gasteiger partial charge in [0.25, 0.3) is 5.56 Å². The fraction of sp³-hybridized carbons (Fsp3) is 0.105. The minimum atomic E-state index is -0.259. The van der Waals surface area contributed by atoms with Gasteiger partial charge in [-0.1, -0.05) is 23.8 Å². The predicted molar refractivity (Wildman–Crippen MR) is 107 cm³/mol. The van der Waals surface area contributed by atoms with Crippen LogP contribution in [0.5, 0.6) is 0 Å². The van der Waals surface area contributed by atoms with Crippen LogP contribution >= 0.6 is 22.7 Å². The topological polar surface area (TPSA) is 64.0 Å². The number of rotatable bonds is 4. The van der Waals surface area contributed by atoms with Gasteiger partial charge < -0.3 is 5.32 Å². The number of aromatic nitrogens is 2. The number of carbonyl (C=O) groups is 1. The average Bonchev–Trinajstić information content (AvgIpc) is 3.29. The van der Waals surface area contributed by atoms with E-state index in [2.05, 4.69) is 10.3 Å². The second kappa shape index (κ2) is 6.86. The van der Waals surface area contributed by atoms with Gasteiger partial charge in [-0.05, 0) is 30.5 Å². The smallest absolute Gasteiger partial charge is 0.263 e. The van der Waals surface area contributed by atoms with Crippen molar-refractivity contribution in [2.75, 3.05) is 5.32 Å². The molecule has 4 rings (SSSR count). The van der Waals surface area contributed by atoms with Crippen LogP contribution in [0, 0.1) is 6.92 Å². The van der Waals surface area contributed by atoms with Gasteiger partial charge in [-0.3, -0.25) is 14.2 Å². The molecule has 0 radical (unpaired) electrons. The quantitative estimate of drug-likeness (QED) is 0.578. The van der Waals surface area contributed by atoms with Crippen LogP contribution in [0.2, 0.25) is 0 Å². The Kier molecular flexibility index (Phi) is 4.40. The van der Waals surface area contributed by atoms with Gasteiger partial charge in [-0.25, -0.2) is 4.98 Å². The molecule has 0 bridgehead atoms. The molecule has 0 saturated heterocycles. The van der Waals surface area contributed by atoms with E-state index in [-0.39, 0.29) is 18.0 Å². The van der Waals surface area contributed by atoms with Crippen molar-refractivity contribution in [3.05, 3.63) is 69.4 Å². The summed E-state index contributed by atoms with van der Waals surface area (Å²) in [6.07, 6.45) is 1.44. The van der Waals surface area contributed by atoms with Crippen molar-refractivity contribution in [3.63, 3.8) is 0 Å². The lowest BCUT2D eigenvalue weighted by atomic mass is 10.2. The Morgan fingerprint density at radius 2 is 2.00 bits per heavy atom. The van der Waals surface area contributed by atoms with Crippen molar-refractivity contribution >= 4 is 44.5 Å². The van der Waals surface area contributed by atoms with Crippen molar-refractivity contribution in [2.24, 2.45) is 0 Å². The predicted octanol–water partition coefficient (Wildman–Crippen LogP) is 4.13. The Bertz CT molecular complexity index is 1130. The second-order valence-electron chi connectivity index (χ2n) is 5.90. The van der Waals surface area contributed by atoms with Crippen molar-refractivity contribution in [1.29, 1.82) is 0 Å². The molecule has 0 aliphatic carbocycles. The van der Waals surface area contributed by atoms with Crippen molar-refractivity contribution < 1.29 is 4.79 Å². The van der Waals surface area contributed by atoms with E-state index in [1.807, 2.05) is 54.1 Å². The number of anilines is 1. The van der Waals surface area contributed by atoms with E-state index in [0.717, 1.165) is 16.0 Å². The number of fused-ring (bicyclic) bond motifs is 1. The van der Waals surface area contributed by atoms with Crippen LogP contribution in [-0.4, -0.2) is 15.5 Å². The van der Waals surface area contributed by atoms with Crippen LogP contribution in [0.1, 0.15) is 5.56 Å². The second-order valence-corrected chi connectivity index (χ2v) is 7.70. The molecule has 0 atom stereocenters. The van der Waals surface area contributed by atoms with Crippen LogP contribution in [0.3, 0.4) is 0 Å². The van der Waals surface area contributed by atoms with Crippen LogP contribution in [0.15, 0.2) is 58.3 Å². The Morgan fingerprint density at radius 3 is 2.73 bits per heavy atom. The molecular formula is C19H15N3O2S2. The summed E-state index contributed by atoms with van der Waals surface area (Å²) in [5.41, 5.74) is 2.51. The standard InChI is InChI=1S/C19H15N3O2S2/c1-12-4-6-13(7-5-12)21-16(23)9-22-11-20-18-17(19(22)24)14(10-26-18)15-3-2-8-25-15/h2-8,10-11H,9H2,1H3,(H,21,23). The molecule has 3 aromatic heterocycles. The molecule has 1 N–H and O–H groups in total. The molecule has 26 heavy (non-hydrogen) atoms. The van der Waals surface area contributed by atoms with Gasteiger partial charge in [0, 0.05) is 21.5 Å². The van der Waals surface area contributed by atoms with E-state index in [9.17, 15) is 9.59 Å². The maximum atomic E-state index is 12.9. The third kappa shape index (κ3) is 3.18. The highest BCUT2D eigenvalue weighted by atomic mass is 32.1. The largest absolute Gasteiger partial charge is 0.325 e. The number of benzene rings is 1. The highest BCUT2D eigenvalue weighted by Gasteiger charge is 2.15. The first-order chi connectivity index (χ1) is 12.6. The molecule has 0 saturated carbocycles. The molecule has 1 aromatic carbocycles. The van der Waals surface area contributed by atoms with E-state index in [4.69, 9.17) is 0 Å². The number of nitrogens with zero attached hydrogens (tertiary/aromatic N) is 2. The third-order valence-electron chi connectivity index (χ3n) is 4.00. The van der Waals surface area contributed by atoms with Gasteiger partial charge in [0.05, 0.1) is 11.7 Å². The molecule has 0 aliphatic heterocycles. The summed E-state index contributed by atoms with van der Waals surface area (Å²) >= 11 is 3.02. The van der Waals surface area contributed by atoms with Crippen molar-refractivity contribution in [1.82, 2.24) is 9.55 Å². The number of hydrogen-bond acceptors (Lipinski definition) is 5. The zero-order valence-electron chi connectivity index (χ0n) is 13.9. The number of hydrogen-bond donors (Lipinski definition) is 1. The molecule has 0 aliphatic rings. The Hall–Kier alpha value is -2.77. The molecule has 3 heterocycles. The van der Waals surface area contributed by atoms with Gasteiger partial charge in [0.15, 0.2) is 0 Å². The Balaban J connectivity index is 1.63. The summed E-state index contributed by atoms with van der Waals surface area (Å²) in [4.78, 5) is 31.3. The van der Waals surface area contributed by atoms with Gasteiger partial charge in [-0.15, -0.1) is 22.7 Å². The van der Waals surface area contributed by atoms with E-state index in [1.54, 1.807) is 11.3 Å². The first kappa shape index (κ1) is 16.7. The van der Waals surface area contributed by atoms with Gasteiger partial charge in [0.1, 0.15) is 11.4 Å². The van der Waals surface area contributed by atoms with Crippen LogP contribution in [0.4, 0.5) is 5.69 Å². The van der Waals surface area contributed by atoms with Gasteiger partial charge >= 0.3 is 0 Å². The maximum Gasteiger partial charge on any atom is 0.263 e. The number of amides is 1. The van der Waals surface area contributed by atoms with Gasteiger partial charge in [-0.2, -0.15) is 0 Å². The minimum Gasteiger partial charge on any atom is -0.325 e. The number of aryl methyl sites for hydroxylation is 1. The molecular weight excluding hydrogens is 366 g/mol. The van der Waals surface area contributed by atoms with Crippen LogP contribution in [-0.2, 0) is 11.3 Å². The summed E-state index contributed by atoms with van der Waals surface area (Å²) < 4.78 is 1.36. The fourth-order valence-electron chi connectivity index (χ4n) is 2.69. The summed E-state index contributed by atoms with van der Waals surface area (Å²) in [7, 11) is 0. The molecule has 0 spiro atoms. The van der Waals surface area contributed by atoms with Crippen molar-refractivity contribution in [2.45, 2.75) is 13.5 Å². The van der Waals surface area contributed by atoms with E-state index in [0.29, 0.717) is 15.9 Å². The molecule has 1 amide bonds. The summed E-state index contributed by atoms with van der Waals surface area (Å²) in [5.74, 6) is -0.259. The van der Waals surface area contributed by atoms with Gasteiger partial charge in [0.2, 0.25) is 5.91 Å². The van der Waals surface area contributed by atoms with Crippen LogP contribution < -0.4 is 10.9 Å². The molecule has 130 valence electrons. The lowest BCUT2D eigenvalue weighted by Gasteiger charge is -2.08. The molecule has 0 unspecified atom stereocenters. The fourth-order valence-corrected chi connectivity index (χ4v) is 4.41. The van der Waals surface area contributed by atoms with E-state index >= 15 is 0 Å². The third-order valence-corrected chi connectivity index (χ3v) is 5.79. The first-order valence-corrected chi connectivity index (χ1v) is 9.75. The molecule has 0 fully saturated rings. The maximum absolute atomic E-state index is 12.9. The van der Waals surface area contributed by atoms with Crippen molar-refractivity contribution in [3.8, 4) is 10.4 Å². The number of thiophene rings is 2. The monoisotopic (exact) mass is 381 g/mol. The molecule has 5 nitrogen and oxygen atoms in total. The summed E-state index contributed by atoms with van der Waals surface area (Å²) in [6, 6.07) is 11.5. The zero-order chi connectivity index (χ0) is 18.1. The van der Waals surface area contributed by atoms with E-state index in [1.165, 1.54) is 22.2 Å². The molecule has 7 heteroatoms. The number of nitrogens with one attached hydrogen (secondary N) is 1. The Labute approximate surface area is 157 Å². The SMILES string of the molecule is Cc1ccc(NC(=O)Cn2cnc3scc(-c4cccs4)c3c2=O)cc1. The first-order valence-electron chi connectivity index (χ1n) is 7.99. The lowest BCUT2D eigenvalue weighted by Crippen LogP contribution is -2.27. The normalized spacial score (nSPS) is 11.0. The lowest BCUT2D eigenvalue weighted by molar-refractivity contribution is -0.116. The Morgan fingerprint density at radius 1 is 1.19 bits per heavy atom. The highest BCUT2D eigenvalue weighted by molar-refractivity contribution is 7.18. The highest BCUT2D eigenvalue weighted by Crippen LogP contribution is 2.33. The van der Waals surface area contributed by atoms with E-state index < -0.39 is 0 Å². The summed E-state index contributed by atoms with van der Waals surface area (Å²) in [6.45, 7) is 1.91. The van der Waals surface area contributed by atoms with Crippen LogP contribution in [0.25, 0.3) is 20.7 Å². The average molecular weight is 381 g/mol. The summed E-state index contributed by atoms with van der Waals surface area (Å²) in [5, 5.41) is 7.30. The number of carbonyl (C=O) groups excluding carboxylic acids is 1.